The van der Waals surface area contributed by atoms with Crippen LogP contribution in [-0.2, 0) is 0 Å². The fraction of sp³-hybridized carbons (Fsp3) is 0.231. The third-order valence-corrected chi connectivity index (χ3v) is 4.09. The van der Waals surface area contributed by atoms with Gasteiger partial charge in [-0.3, -0.25) is 9.48 Å². The van der Waals surface area contributed by atoms with Gasteiger partial charge in [0.1, 0.15) is 5.69 Å². The summed E-state index contributed by atoms with van der Waals surface area (Å²) >= 11 is 12.8. The highest BCUT2D eigenvalue weighted by Gasteiger charge is 2.22. The fourth-order valence-electron chi connectivity index (χ4n) is 1.74. The Hall–Kier alpha value is -0.650. The Morgan fingerprint density at radius 2 is 2.05 bits per heavy atom. The molecule has 0 unspecified atom stereocenters. The average Bonchev–Trinajstić information content (AvgIpc) is 2.73. The third kappa shape index (κ3) is 2.93. The number of carbonyl (C=O) groups excluding carboxylic acids is 1. The highest BCUT2D eigenvalue weighted by molar-refractivity contribution is 9.11. The van der Waals surface area contributed by atoms with Gasteiger partial charge >= 0.3 is 0 Å². The number of halogens is 3. The first-order valence-electron chi connectivity index (χ1n) is 5.64. The summed E-state index contributed by atoms with van der Waals surface area (Å²) in [6, 6.07) is 5.52. The molecule has 100 valence electrons. The highest BCUT2D eigenvalue weighted by atomic mass is 79.9. The Morgan fingerprint density at radius 1 is 1.37 bits per heavy atom. The molecule has 2 aromatic rings. The Labute approximate surface area is 133 Å². The second kappa shape index (κ2) is 5.77. The number of rotatable bonds is 3. The minimum Gasteiger partial charge on any atom is -0.287 e. The lowest BCUT2D eigenvalue weighted by Crippen LogP contribution is -2.14. The zero-order valence-corrected chi connectivity index (χ0v) is 14.3. The Kier molecular flexibility index (Phi) is 4.48. The molecule has 3 nitrogen and oxygen atoms in total. The van der Waals surface area contributed by atoms with Crippen LogP contribution in [-0.4, -0.2) is 15.6 Å². The van der Waals surface area contributed by atoms with Crippen LogP contribution in [0.3, 0.4) is 0 Å². The van der Waals surface area contributed by atoms with E-state index in [1.807, 2.05) is 26.0 Å². The first kappa shape index (κ1) is 14.8. The molecule has 0 bridgehead atoms. The minimum absolute atomic E-state index is 0.0670. The van der Waals surface area contributed by atoms with Crippen molar-refractivity contribution in [3.63, 3.8) is 0 Å². The lowest BCUT2D eigenvalue weighted by atomic mass is 10.1. The molecule has 2 rings (SSSR count). The lowest BCUT2D eigenvalue weighted by molar-refractivity contribution is 0.102. The molecule has 0 atom stereocenters. The van der Waals surface area contributed by atoms with E-state index in [1.54, 1.807) is 10.7 Å². The average molecular weight is 407 g/mol. The molecule has 0 amide bonds. The normalized spacial score (nSPS) is 11.1. The predicted molar refractivity (Wildman–Crippen MR) is 82.9 cm³/mol. The topological polar surface area (TPSA) is 34.9 Å². The van der Waals surface area contributed by atoms with Crippen LogP contribution in [0.25, 0.3) is 0 Å². The monoisotopic (exact) mass is 404 g/mol. The van der Waals surface area contributed by atoms with Crippen molar-refractivity contribution in [1.82, 2.24) is 9.78 Å². The summed E-state index contributed by atoms with van der Waals surface area (Å²) in [5.41, 5.74) is 0.967. The molecule has 0 aliphatic heterocycles. The second-order valence-corrected chi connectivity index (χ2v) is 6.51. The quantitative estimate of drug-likeness (QED) is 0.682. The molecule has 0 saturated heterocycles. The van der Waals surface area contributed by atoms with Crippen molar-refractivity contribution in [2.75, 3.05) is 0 Å². The maximum Gasteiger partial charge on any atom is 0.213 e. The molecule has 0 fully saturated rings. The van der Waals surface area contributed by atoms with Crippen LogP contribution in [0.4, 0.5) is 0 Å². The zero-order chi connectivity index (χ0) is 14.2. The Balaban J connectivity index is 2.56. The SMILES string of the molecule is CC(C)n1ncc(Cl)c1C(=O)c1cc(Br)ccc1Br. The van der Waals surface area contributed by atoms with Crippen molar-refractivity contribution in [3.05, 3.63) is 49.6 Å². The van der Waals surface area contributed by atoms with E-state index in [0.29, 0.717) is 16.3 Å². The summed E-state index contributed by atoms with van der Waals surface area (Å²) in [4.78, 5) is 12.6. The number of hydrogen-bond donors (Lipinski definition) is 0. The molecular formula is C13H11Br2ClN2O. The maximum absolute atomic E-state index is 12.6. The van der Waals surface area contributed by atoms with Crippen molar-refractivity contribution < 1.29 is 4.79 Å². The van der Waals surface area contributed by atoms with Gasteiger partial charge < -0.3 is 0 Å². The first-order valence-corrected chi connectivity index (χ1v) is 7.61. The van der Waals surface area contributed by atoms with Crippen molar-refractivity contribution in [1.29, 1.82) is 0 Å². The Bertz CT molecular complexity index is 638. The minimum atomic E-state index is -0.149. The van der Waals surface area contributed by atoms with Crippen LogP contribution < -0.4 is 0 Å². The van der Waals surface area contributed by atoms with E-state index in [2.05, 4.69) is 37.0 Å². The lowest BCUT2D eigenvalue weighted by Gasteiger charge is -2.11. The van der Waals surface area contributed by atoms with Crippen LogP contribution in [0.5, 0.6) is 0 Å². The van der Waals surface area contributed by atoms with E-state index in [0.717, 1.165) is 8.95 Å². The van der Waals surface area contributed by atoms with Crippen molar-refractivity contribution in [2.24, 2.45) is 0 Å². The number of ketones is 1. The molecule has 0 aliphatic carbocycles. The summed E-state index contributed by atoms with van der Waals surface area (Å²) in [5, 5.41) is 4.52. The molecule has 1 heterocycles. The summed E-state index contributed by atoms with van der Waals surface area (Å²) in [6.45, 7) is 3.91. The largest absolute Gasteiger partial charge is 0.287 e. The van der Waals surface area contributed by atoms with Gasteiger partial charge in [0.05, 0.1) is 11.2 Å². The van der Waals surface area contributed by atoms with Gasteiger partial charge in [-0.1, -0.05) is 43.5 Å². The summed E-state index contributed by atoms with van der Waals surface area (Å²) in [5.74, 6) is -0.149. The molecule has 1 aromatic heterocycles. The van der Waals surface area contributed by atoms with Gasteiger partial charge in [0.2, 0.25) is 5.78 Å². The van der Waals surface area contributed by atoms with E-state index in [-0.39, 0.29) is 11.8 Å². The summed E-state index contributed by atoms with van der Waals surface area (Å²) in [6.07, 6.45) is 1.50. The third-order valence-electron chi connectivity index (χ3n) is 2.63. The highest BCUT2D eigenvalue weighted by Crippen LogP contribution is 2.27. The molecule has 0 saturated carbocycles. The molecule has 0 aliphatic rings. The molecule has 0 radical (unpaired) electrons. The molecule has 0 N–H and O–H groups in total. The molecule has 19 heavy (non-hydrogen) atoms. The second-order valence-electron chi connectivity index (χ2n) is 4.33. The number of hydrogen-bond acceptors (Lipinski definition) is 2. The maximum atomic E-state index is 12.6. The van der Waals surface area contributed by atoms with Crippen LogP contribution in [0.2, 0.25) is 5.02 Å². The zero-order valence-electron chi connectivity index (χ0n) is 10.3. The van der Waals surface area contributed by atoms with E-state index in [9.17, 15) is 4.79 Å². The summed E-state index contributed by atoms with van der Waals surface area (Å²) < 4.78 is 3.21. The standard InChI is InChI=1S/C13H11Br2ClN2O/c1-7(2)18-12(11(16)6-17-18)13(19)9-5-8(14)3-4-10(9)15/h3-7H,1-2H3. The van der Waals surface area contributed by atoms with E-state index in [4.69, 9.17) is 11.6 Å². The fourth-order valence-corrected chi connectivity index (χ4v) is 2.75. The van der Waals surface area contributed by atoms with Crippen molar-refractivity contribution in [2.45, 2.75) is 19.9 Å². The van der Waals surface area contributed by atoms with Crippen LogP contribution in [0.15, 0.2) is 33.3 Å². The molecule has 0 spiro atoms. The Morgan fingerprint density at radius 3 is 2.68 bits per heavy atom. The molecular weight excluding hydrogens is 395 g/mol. The smallest absolute Gasteiger partial charge is 0.213 e. The van der Waals surface area contributed by atoms with E-state index < -0.39 is 0 Å². The summed E-state index contributed by atoms with van der Waals surface area (Å²) in [7, 11) is 0. The van der Waals surface area contributed by atoms with Gasteiger partial charge in [0, 0.05) is 20.6 Å². The van der Waals surface area contributed by atoms with E-state index in [1.165, 1.54) is 6.20 Å². The number of nitrogens with zero attached hydrogens (tertiary/aromatic N) is 2. The van der Waals surface area contributed by atoms with Gasteiger partial charge in [0.15, 0.2) is 0 Å². The molecule has 6 heteroatoms. The van der Waals surface area contributed by atoms with Gasteiger partial charge in [-0.05, 0) is 32.0 Å². The molecule has 1 aromatic carbocycles. The first-order chi connectivity index (χ1) is 8.91. The van der Waals surface area contributed by atoms with Gasteiger partial charge in [-0.2, -0.15) is 5.10 Å². The van der Waals surface area contributed by atoms with Gasteiger partial charge in [0.25, 0.3) is 0 Å². The van der Waals surface area contributed by atoms with Gasteiger partial charge in [-0.15, -0.1) is 0 Å². The number of carbonyl (C=O) groups is 1. The van der Waals surface area contributed by atoms with Gasteiger partial charge in [-0.25, -0.2) is 0 Å². The van der Waals surface area contributed by atoms with Crippen LogP contribution >= 0.6 is 43.5 Å². The van der Waals surface area contributed by atoms with Crippen LogP contribution in [0, 0.1) is 0 Å². The van der Waals surface area contributed by atoms with Crippen molar-refractivity contribution in [3.8, 4) is 0 Å². The number of benzene rings is 1. The predicted octanol–water partition coefficient (Wildman–Crippen LogP) is 4.87. The van der Waals surface area contributed by atoms with Crippen molar-refractivity contribution >= 4 is 49.2 Å². The van der Waals surface area contributed by atoms with E-state index >= 15 is 0 Å². The van der Waals surface area contributed by atoms with Crippen LogP contribution in [0.1, 0.15) is 35.9 Å². The number of aromatic nitrogens is 2.